The fourth-order valence-electron chi connectivity index (χ4n) is 2.98. The zero-order chi connectivity index (χ0) is 15.6. The molecule has 2 aromatic carbocycles. The van der Waals surface area contributed by atoms with Crippen LogP contribution in [0.15, 0.2) is 48.5 Å². The molecule has 0 N–H and O–H groups in total. The maximum atomic E-state index is 5.44. The van der Waals surface area contributed by atoms with E-state index in [1.807, 2.05) is 12.1 Å². The van der Waals surface area contributed by atoms with Crippen molar-refractivity contribution in [1.29, 1.82) is 0 Å². The van der Waals surface area contributed by atoms with Gasteiger partial charge in [0.1, 0.15) is 0 Å². The molecule has 1 aliphatic heterocycles. The van der Waals surface area contributed by atoms with Gasteiger partial charge in [-0.15, -0.1) is 0 Å². The highest BCUT2D eigenvalue weighted by Gasteiger charge is 2.17. The molecule has 1 aromatic heterocycles. The molecule has 0 saturated carbocycles. The predicted octanol–water partition coefficient (Wildman–Crippen LogP) is 3.44. The highest BCUT2D eigenvalue weighted by Crippen LogP contribution is 2.28. The van der Waals surface area contributed by atoms with Crippen molar-refractivity contribution in [2.75, 3.05) is 31.2 Å². The Morgan fingerprint density at radius 2 is 1.78 bits per heavy atom. The van der Waals surface area contributed by atoms with E-state index in [2.05, 4.69) is 48.2 Å². The van der Waals surface area contributed by atoms with Gasteiger partial charge in [-0.05, 0) is 19.1 Å². The lowest BCUT2D eigenvalue weighted by atomic mass is 10.0. The summed E-state index contributed by atoms with van der Waals surface area (Å²) in [7, 11) is 0. The molecule has 0 bridgehead atoms. The van der Waals surface area contributed by atoms with Gasteiger partial charge in [0, 0.05) is 24.0 Å². The molecular formula is C19H19N3O. The van der Waals surface area contributed by atoms with Crippen molar-refractivity contribution < 1.29 is 4.74 Å². The molecule has 0 amide bonds. The number of fused-ring (bicyclic) bond motifs is 1. The minimum Gasteiger partial charge on any atom is -0.378 e. The summed E-state index contributed by atoms with van der Waals surface area (Å²) in [6.07, 6.45) is 0. The second kappa shape index (κ2) is 5.97. The van der Waals surface area contributed by atoms with Gasteiger partial charge in [0.2, 0.25) is 5.95 Å². The number of hydrogen-bond acceptors (Lipinski definition) is 4. The average Bonchev–Trinajstić information content (AvgIpc) is 2.61. The van der Waals surface area contributed by atoms with Gasteiger partial charge in [-0.1, -0.05) is 42.0 Å². The number of morpholine rings is 1. The fourth-order valence-corrected chi connectivity index (χ4v) is 2.98. The van der Waals surface area contributed by atoms with Crippen LogP contribution in [0.1, 0.15) is 5.56 Å². The Balaban J connectivity index is 1.90. The molecule has 0 spiro atoms. The average molecular weight is 305 g/mol. The van der Waals surface area contributed by atoms with Crippen LogP contribution in [-0.4, -0.2) is 36.3 Å². The van der Waals surface area contributed by atoms with Crippen LogP contribution in [0.25, 0.3) is 22.2 Å². The molecular weight excluding hydrogens is 286 g/mol. The molecule has 0 unspecified atom stereocenters. The first-order chi connectivity index (χ1) is 11.3. The van der Waals surface area contributed by atoms with E-state index in [1.54, 1.807) is 0 Å². The van der Waals surface area contributed by atoms with E-state index in [9.17, 15) is 0 Å². The fraction of sp³-hybridized carbons (Fsp3) is 0.263. The van der Waals surface area contributed by atoms with Crippen molar-refractivity contribution in [1.82, 2.24) is 9.97 Å². The minimum absolute atomic E-state index is 0.732. The van der Waals surface area contributed by atoms with E-state index in [0.717, 1.165) is 54.4 Å². The summed E-state index contributed by atoms with van der Waals surface area (Å²) in [6, 6.07) is 16.7. The van der Waals surface area contributed by atoms with Crippen molar-refractivity contribution in [2.45, 2.75) is 6.92 Å². The van der Waals surface area contributed by atoms with Gasteiger partial charge in [-0.2, -0.15) is 0 Å². The topological polar surface area (TPSA) is 38.2 Å². The van der Waals surface area contributed by atoms with Crippen LogP contribution in [0, 0.1) is 6.92 Å². The van der Waals surface area contributed by atoms with Crippen molar-refractivity contribution in [2.24, 2.45) is 0 Å². The van der Waals surface area contributed by atoms with E-state index in [4.69, 9.17) is 14.7 Å². The van der Waals surface area contributed by atoms with Crippen LogP contribution in [0.5, 0.6) is 0 Å². The van der Waals surface area contributed by atoms with E-state index in [-0.39, 0.29) is 0 Å². The number of ether oxygens (including phenoxy) is 1. The molecule has 1 aliphatic rings. The molecule has 4 rings (SSSR count). The Kier molecular flexibility index (Phi) is 3.67. The van der Waals surface area contributed by atoms with Crippen LogP contribution in [-0.2, 0) is 4.74 Å². The molecule has 4 nitrogen and oxygen atoms in total. The summed E-state index contributed by atoms with van der Waals surface area (Å²) in [4.78, 5) is 11.9. The van der Waals surface area contributed by atoms with Gasteiger partial charge in [0.25, 0.3) is 0 Å². The quantitative estimate of drug-likeness (QED) is 0.727. The van der Waals surface area contributed by atoms with Gasteiger partial charge in [0.05, 0.1) is 24.4 Å². The lowest BCUT2D eigenvalue weighted by molar-refractivity contribution is 0.122. The first-order valence-corrected chi connectivity index (χ1v) is 7.98. The van der Waals surface area contributed by atoms with E-state index < -0.39 is 0 Å². The van der Waals surface area contributed by atoms with E-state index >= 15 is 0 Å². The van der Waals surface area contributed by atoms with Crippen LogP contribution in [0.2, 0.25) is 0 Å². The molecule has 4 heteroatoms. The summed E-state index contributed by atoms with van der Waals surface area (Å²) in [6.45, 7) is 5.25. The number of aromatic nitrogens is 2. The van der Waals surface area contributed by atoms with Gasteiger partial charge < -0.3 is 9.64 Å². The van der Waals surface area contributed by atoms with Gasteiger partial charge >= 0.3 is 0 Å². The summed E-state index contributed by atoms with van der Waals surface area (Å²) in [5.41, 5.74) is 4.36. The number of benzene rings is 2. The number of nitrogens with zero attached hydrogens (tertiary/aromatic N) is 3. The van der Waals surface area contributed by atoms with Crippen molar-refractivity contribution >= 4 is 16.9 Å². The Morgan fingerprint density at radius 1 is 0.957 bits per heavy atom. The normalized spacial score (nSPS) is 15.1. The molecule has 0 radical (unpaired) electrons. The summed E-state index contributed by atoms with van der Waals surface area (Å²) in [5, 5.41) is 1.09. The number of para-hydroxylation sites is 1. The second-order valence-electron chi connectivity index (χ2n) is 5.86. The third-order valence-electron chi connectivity index (χ3n) is 4.18. The molecule has 1 fully saturated rings. The highest BCUT2D eigenvalue weighted by molar-refractivity contribution is 5.93. The largest absolute Gasteiger partial charge is 0.378 e. The molecule has 23 heavy (non-hydrogen) atoms. The zero-order valence-electron chi connectivity index (χ0n) is 13.2. The first kappa shape index (κ1) is 14.2. The number of aryl methyl sites for hydroxylation is 1. The van der Waals surface area contributed by atoms with E-state index in [1.165, 1.54) is 5.56 Å². The molecule has 0 aliphatic carbocycles. The molecule has 2 heterocycles. The van der Waals surface area contributed by atoms with Gasteiger partial charge in [-0.25, -0.2) is 9.97 Å². The number of hydrogen-bond donors (Lipinski definition) is 0. The van der Waals surface area contributed by atoms with Crippen LogP contribution >= 0.6 is 0 Å². The standard InChI is InChI=1S/C19H19N3O/c1-14-5-4-6-15(13-14)18-16-7-2-3-8-17(16)20-19(21-18)22-9-11-23-12-10-22/h2-8,13H,9-12H2,1H3. The smallest absolute Gasteiger partial charge is 0.226 e. The van der Waals surface area contributed by atoms with E-state index in [0.29, 0.717) is 0 Å². The molecule has 0 atom stereocenters. The maximum absolute atomic E-state index is 5.44. The highest BCUT2D eigenvalue weighted by atomic mass is 16.5. The van der Waals surface area contributed by atoms with Crippen LogP contribution in [0.4, 0.5) is 5.95 Å². The van der Waals surface area contributed by atoms with Crippen LogP contribution in [0.3, 0.4) is 0 Å². The lowest BCUT2D eigenvalue weighted by Gasteiger charge is -2.27. The molecule has 116 valence electrons. The number of rotatable bonds is 2. The Hall–Kier alpha value is -2.46. The van der Waals surface area contributed by atoms with Gasteiger partial charge in [0.15, 0.2) is 0 Å². The Labute approximate surface area is 135 Å². The van der Waals surface area contributed by atoms with Crippen molar-refractivity contribution in [3.63, 3.8) is 0 Å². The summed E-state index contributed by atoms with van der Waals surface area (Å²) in [5.74, 6) is 0.795. The maximum Gasteiger partial charge on any atom is 0.226 e. The monoisotopic (exact) mass is 305 g/mol. The Morgan fingerprint density at radius 3 is 2.61 bits per heavy atom. The summed E-state index contributed by atoms with van der Waals surface area (Å²) < 4.78 is 5.44. The van der Waals surface area contributed by atoms with Crippen LogP contribution < -0.4 is 4.90 Å². The predicted molar refractivity (Wildman–Crippen MR) is 92.7 cm³/mol. The molecule has 3 aromatic rings. The third kappa shape index (κ3) is 2.78. The van der Waals surface area contributed by atoms with Crippen molar-refractivity contribution in [3.05, 3.63) is 54.1 Å². The Bertz CT molecular complexity index is 841. The van der Waals surface area contributed by atoms with Crippen molar-refractivity contribution in [3.8, 4) is 11.3 Å². The number of anilines is 1. The first-order valence-electron chi connectivity index (χ1n) is 7.98. The minimum atomic E-state index is 0.732. The SMILES string of the molecule is Cc1cccc(-c2nc(N3CCOCC3)nc3ccccc23)c1. The third-order valence-corrected chi connectivity index (χ3v) is 4.18. The second-order valence-corrected chi connectivity index (χ2v) is 5.86. The van der Waals surface area contributed by atoms with Gasteiger partial charge in [-0.3, -0.25) is 0 Å². The molecule has 1 saturated heterocycles. The zero-order valence-corrected chi connectivity index (χ0v) is 13.2. The lowest BCUT2D eigenvalue weighted by Crippen LogP contribution is -2.37. The summed E-state index contributed by atoms with van der Waals surface area (Å²) >= 11 is 0.